The van der Waals surface area contributed by atoms with E-state index < -0.39 is 0 Å². The van der Waals surface area contributed by atoms with Crippen LogP contribution in [0.2, 0.25) is 0 Å². The van der Waals surface area contributed by atoms with E-state index in [-0.39, 0.29) is 17.6 Å². The molecule has 2 heterocycles. The maximum Gasteiger partial charge on any atom is 0.0674 e. The standard InChI is InChI=1S/C15H27NO2/c1-10-2-4-11(5-3-10)14(17)15(9-16)8-12-6-7-13(15)18-12/h10-14,17H,2-9,16H2,1H3. The lowest BCUT2D eigenvalue weighted by Crippen LogP contribution is -2.52. The predicted molar refractivity (Wildman–Crippen MR) is 71.1 cm³/mol. The second kappa shape index (κ2) is 4.77. The van der Waals surface area contributed by atoms with Crippen molar-refractivity contribution >= 4 is 0 Å². The molecule has 0 aromatic rings. The lowest BCUT2D eigenvalue weighted by molar-refractivity contribution is -0.0653. The first-order valence-corrected chi connectivity index (χ1v) is 7.69. The second-order valence-electron chi connectivity index (χ2n) is 6.93. The average molecular weight is 253 g/mol. The molecule has 3 rings (SSSR count). The Morgan fingerprint density at radius 2 is 1.94 bits per heavy atom. The van der Waals surface area contributed by atoms with Gasteiger partial charge in [-0.3, -0.25) is 0 Å². The summed E-state index contributed by atoms with van der Waals surface area (Å²) >= 11 is 0. The van der Waals surface area contributed by atoms with Crippen LogP contribution in [0, 0.1) is 17.3 Å². The highest BCUT2D eigenvalue weighted by Gasteiger charge is 2.56. The number of aliphatic hydroxyl groups excluding tert-OH is 1. The molecule has 1 aliphatic carbocycles. The molecule has 104 valence electrons. The molecule has 0 aromatic carbocycles. The summed E-state index contributed by atoms with van der Waals surface area (Å²) in [6.45, 7) is 2.91. The molecular formula is C15H27NO2. The summed E-state index contributed by atoms with van der Waals surface area (Å²) in [7, 11) is 0. The van der Waals surface area contributed by atoms with E-state index in [1.54, 1.807) is 0 Å². The van der Waals surface area contributed by atoms with Gasteiger partial charge < -0.3 is 15.6 Å². The van der Waals surface area contributed by atoms with Gasteiger partial charge in [-0.15, -0.1) is 0 Å². The molecule has 0 spiro atoms. The highest BCUT2D eigenvalue weighted by atomic mass is 16.5. The molecule has 4 atom stereocenters. The highest BCUT2D eigenvalue weighted by Crippen LogP contribution is 2.52. The van der Waals surface area contributed by atoms with Gasteiger partial charge in [-0.05, 0) is 43.9 Å². The van der Waals surface area contributed by atoms with Crippen LogP contribution in [-0.4, -0.2) is 30.0 Å². The predicted octanol–water partition coefficient (Wildman–Crippen LogP) is 2.07. The molecule has 3 N–H and O–H groups in total. The summed E-state index contributed by atoms with van der Waals surface area (Å²) in [6, 6.07) is 0. The molecule has 0 aromatic heterocycles. The van der Waals surface area contributed by atoms with Crippen molar-refractivity contribution in [2.24, 2.45) is 23.0 Å². The van der Waals surface area contributed by atoms with Crippen molar-refractivity contribution in [3.8, 4) is 0 Å². The van der Waals surface area contributed by atoms with E-state index >= 15 is 0 Å². The fourth-order valence-electron chi connectivity index (χ4n) is 4.55. The Morgan fingerprint density at radius 3 is 2.44 bits per heavy atom. The maximum atomic E-state index is 10.9. The number of hydrogen-bond donors (Lipinski definition) is 2. The number of aliphatic hydroxyl groups is 1. The minimum absolute atomic E-state index is 0.131. The van der Waals surface area contributed by atoms with E-state index in [1.165, 1.54) is 32.1 Å². The van der Waals surface area contributed by atoms with Crippen LogP contribution < -0.4 is 5.73 Å². The first kappa shape index (κ1) is 12.9. The fourth-order valence-corrected chi connectivity index (χ4v) is 4.55. The monoisotopic (exact) mass is 253 g/mol. The van der Waals surface area contributed by atoms with Crippen LogP contribution in [-0.2, 0) is 4.74 Å². The van der Waals surface area contributed by atoms with Crippen molar-refractivity contribution in [1.29, 1.82) is 0 Å². The number of fused-ring (bicyclic) bond motifs is 2. The van der Waals surface area contributed by atoms with E-state index in [0.29, 0.717) is 18.6 Å². The first-order valence-electron chi connectivity index (χ1n) is 7.69. The van der Waals surface area contributed by atoms with Gasteiger partial charge in [0.25, 0.3) is 0 Å². The van der Waals surface area contributed by atoms with Gasteiger partial charge in [-0.2, -0.15) is 0 Å². The Hall–Kier alpha value is -0.120. The fraction of sp³-hybridized carbons (Fsp3) is 1.00. The summed E-state index contributed by atoms with van der Waals surface area (Å²) in [4.78, 5) is 0. The third kappa shape index (κ3) is 1.91. The van der Waals surface area contributed by atoms with Crippen molar-refractivity contribution in [2.45, 2.75) is 70.2 Å². The van der Waals surface area contributed by atoms with Crippen LogP contribution in [0.5, 0.6) is 0 Å². The summed E-state index contributed by atoms with van der Waals surface area (Å²) in [6.07, 6.45) is 8.46. The molecule has 2 aliphatic heterocycles. The maximum absolute atomic E-state index is 10.9. The Bertz CT molecular complexity index is 301. The van der Waals surface area contributed by atoms with E-state index in [2.05, 4.69) is 6.92 Å². The summed E-state index contributed by atoms with van der Waals surface area (Å²) < 4.78 is 5.97. The van der Waals surface area contributed by atoms with E-state index in [4.69, 9.17) is 10.5 Å². The lowest BCUT2D eigenvalue weighted by Gasteiger charge is -2.43. The Balaban J connectivity index is 1.72. The van der Waals surface area contributed by atoms with Crippen LogP contribution in [0.3, 0.4) is 0 Å². The smallest absolute Gasteiger partial charge is 0.0674 e. The Labute approximate surface area is 110 Å². The van der Waals surface area contributed by atoms with Crippen LogP contribution in [0.15, 0.2) is 0 Å². The molecule has 1 saturated carbocycles. The number of hydrogen-bond acceptors (Lipinski definition) is 3. The SMILES string of the molecule is CC1CCC(C(O)C2(CN)CC3CCC2O3)CC1. The van der Waals surface area contributed by atoms with E-state index in [1.807, 2.05) is 0 Å². The van der Waals surface area contributed by atoms with Crippen molar-refractivity contribution in [2.75, 3.05) is 6.54 Å². The quantitative estimate of drug-likeness (QED) is 0.809. The molecule has 4 unspecified atom stereocenters. The van der Waals surface area contributed by atoms with Crippen LogP contribution in [0.1, 0.15) is 51.9 Å². The van der Waals surface area contributed by atoms with E-state index in [9.17, 15) is 5.11 Å². The van der Waals surface area contributed by atoms with Gasteiger partial charge in [0.05, 0.1) is 18.3 Å². The van der Waals surface area contributed by atoms with Crippen LogP contribution >= 0.6 is 0 Å². The van der Waals surface area contributed by atoms with E-state index in [0.717, 1.165) is 18.8 Å². The summed E-state index contributed by atoms with van der Waals surface area (Å²) in [5.41, 5.74) is 5.92. The second-order valence-corrected chi connectivity index (χ2v) is 6.93. The molecule has 0 amide bonds. The zero-order chi connectivity index (χ0) is 12.8. The number of nitrogens with two attached hydrogens (primary N) is 1. The van der Waals surface area contributed by atoms with Gasteiger partial charge in [0, 0.05) is 12.0 Å². The van der Waals surface area contributed by atoms with Gasteiger partial charge in [-0.25, -0.2) is 0 Å². The molecule has 2 bridgehead atoms. The molecule has 2 saturated heterocycles. The Kier molecular flexibility index (Phi) is 3.41. The topological polar surface area (TPSA) is 55.5 Å². The van der Waals surface area contributed by atoms with Crippen LogP contribution in [0.25, 0.3) is 0 Å². The molecule has 3 heteroatoms. The van der Waals surface area contributed by atoms with Gasteiger partial charge in [0.1, 0.15) is 0 Å². The first-order chi connectivity index (χ1) is 8.65. The zero-order valence-electron chi connectivity index (χ0n) is 11.5. The summed E-state index contributed by atoms with van der Waals surface area (Å²) in [5.74, 6) is 1.28. The molecule has 3 aliphatic rings. The third-order valence-corrected chi connectivity index (χ3v) is 5.83. The normalized spacial score (nSPS) is 49.5. The van der Waals surface area contributed by atoms with Crippen molar-refractivity contribution in [3.63, 3.8) is 0 Å². The molecule has 18 heavy (non-hydrogen) atoms. The molecule has 3 fully saturated rings. The largest absolute Gasteiger partial charge is 0.392 e. The zero-order valence-corrected chi connectivity index (χ0v) is 11.5. The molecule has 3 nitrogen and oxygen atoms in total. The number of ether oxygens (including phenoxy) is 1. The minimum atomic E-state index is -0.245. The van der Waals surface area contributed by atoms with Gasteiger partial charge in [0.2, 0.25) is 0 Å². The highest BCUT2D eigenvalue weighted by molar-refractivity contribution is 5.06. The molecular weight excluding hydrogens is 226 g/mol. The van der Waals surface area contributed by atoms with Crippen LogP contribution in [0.4, 0.5) is 0 Å². The van der Waals surface area contributed by atoms with Gasteiger partial charge >= 0.3 is 0 Å². The lowest BCUT2D eigenvalue weighted by atomic mass is 9.64. The summed E-state index contributed by atoms with van der Waals surface area (Å²) in [5, 5.41) is 10.9. The van der Waals surface area contributed by atoms with Crippen molar-refractivity contribution < 1.29 is 9.84 Å². The van der Waals surface area contributed by atoms with Crippen molar-refractivity contribution in [3.05, 3.63) is 0 Å². The van der Waals surface area contributed by atoms with Crippen molar-refractivity contribution in [1.82, 2.24) is 0 Å². The molecule has 0 radical (unpaired) electrons. The average Bonchev–Trinajstić information content (AvgIpc) is 2.99. The third-order valence-electron chi connectivity index (χ3n) is 5.83. The minimum Gasteiger partial charge on any atom is -0.392 e. The Morgan fingerprint density at radius 1 is 1.22 bits per heavy atom. The van der Waals surface area contributed by atoms with Gasteiger partial charge in [-0.1, -0.05) is 19.8 Å². The number of rotatable bonds is 3. The van der Waals surface area contributed by atoms with Gasteiger partial charge in [0.15, 0.2) is 0 Å².